The van der Waals surface area contributed by atoms with Crippen LogP contribution in [0.1, 0.15) is 40.9 Å². The second-order valence-electron chi connectivity index (χ2n) is 4.21. The molecule has 76 valence electrons. The van der Waals surface area contributed by atoms with Gasteiger partial charge in [0.25, 0.3) is 0 Å². The Morgan fingerprint density at radius 2 is 2.36 bits per heavy atom. The van der Waals surface area contributed by atoms with Crippen LogP contribution in [0.5, 0.6) is 0 Å². The lowest BCUT2D eigenvalue weighted by Gasteiger charge is -2.37. The summed E-state index contributed by atoms with van der Waals surface area (Å²) in [6.45, 7) is 1.99. The van der Waals surface area contributed by atoms with Crippen molar-refractivity contribution in [2.24, 2.45) is 5.73 Å². The number of carbonyl (C=O) groups excluding carboxylic acids is 1. The Morgan fingerprint density at radius 3 is 2.79 bits per heavy atom. The second-order valence-corrected chi connectivity index (χ2v) is 5.33. The van der Waals surface area contributed by atoms with Gasteiger partial charge in [0.1, 0.15) is 0 Å². The Balaban J connectivity index is 2.06. The van der Waals surface area contributed by atoms with Crippen LogP contribution in [0.3, 0.4) is 0 Å². The molecule has 0 radical (unpaired) electrons. The molecule has 1 fully saturated rings. The van der Waals surface area contributed by atoms with Crippen molar-refractivity contribution in [1.29, 1.82) is 0 Å². The Labute approximate surface area is 88.1 Å². The van der Waals surface area contributed by atoms with E-state index < -0.39 is 0 Å². The Morgan fingerprint density at radius 1 is 1.64 bits per heavy atom. The molecular weight excluding hydrogens is 194 g/mol. The van der Waals surface area contributed by atoms with E-state index in [-0.39, 0.29) is 11.3 Å². The zero-order valence-electron chi connectivity index (χ0n) is 8.38. The number of nitrogens with two attached hydrogens (primary N) is 1. The first-order chi connectivity index (χ1) is 6.61. The molecule has 0 spiro atoms. The summed E-state index contributed by atoms with van der Waals surface area (Å²) in [6.07, 6.45) is 3.70. The Kier molecular flexibility index (Phi) is 2.45. The van der Waals surface area contributed by atoms with E-state index in [0.29, 0.717) is 6.42 Å². The summed E-state index contributed by atoms with van der Waals surface area (Å²) in [5.41, 5.74) is 6.72. The second kappa shape index (κ2) is 3.48. The first-order valence-electron chi connectivity index (χ1n) is 4.97. The van der Waals surface area contributed by atoms with Gasteiger partial charge in [-0.2, -0.15) is 0 Å². The molecule has 0 aromatic carbocycles. The number of Topliss-reactive ketones (excluding diaryl/α,β-unsaturated/α-hetero) is 1. The van der Waals surface area contributed by atoms with Gasteiger partial charge in [-0.3, -0.25) is 4.79 Å². The van der Waals surface area contributed by atoms with E-state index in [1.807, 2.05) is 18.4 Å². The molecule has 2 nitrogen and oxygen atoms in total. The predicted octanol–water partition coefficient (Wildman–Crippen LogP) is 2.51. The van der Waals surface area contributed by atoms with E-state index in [2.05, 4.69) is 0 Å². The summed E-state index contributed by atoms with van der Waals surface area (Å²) in [4.78, 5) is 13.0. The van der Waals surface area contributed by atoms with Crippen LogP contribution in [0.15, 0.2) is 11.4 Å². The fourth-order valence-electron chi connectivity index (χ4n) is 1.90. The quantitative estimate of drug-likeness (QED) is 0.777. The van der Waals surface area contributed by atoms with Crippen molar-refractivity contribution in [2.75, 3.05) is 0 Å². The van der Waals surface area contributed by atoms with Gasteiger partial charge in [-0.15, -0.1) is 11.3 Å². The summed E-state index contributed by atoms with van der Waals surface area (Å²) >= 11 is 1.62. The highest BCUT2D eigenvalue weighted by molar-refractivity contribution is 7.10. The smallest absolute Gasteiger partial charge is 0.165 e. The standard InChI is InChI=1S/C11H15NOS/c1-8-9(3-6-14-8)10(13)7-11(12)4-2-5-11/h3,6H,2,4-5,7,12H2,1H3. The van der Waals surface area contributed by atoms with E-state index in [4.69, 9.17) is 5.73 Å². The fourth-order valence-corrected chi connectivity index (χ4v) is 2.61. The molecule has 0 atom stereocenters. The van der Waals surface area contributed by atoms with E-state index in [1.165, 1.54) is 6.42 Å². The van der Waals surface area contributed by atoms with Crippen LogP contribution < -0.4 is 5.73 Å². The van der Waals surface area contributed by atoms with Crippen LogP contribution in [0.2, 0.25) is 0 Å². The average Bonchev–Trinajstić information content (AvgIpc) is 2.48. The lowest BCUT2D eigenvalue weighted by Crippen LogP contribution is -2.48. The van der Waals surface area contributed by atoms with Crippen molar-refractivity contribution in [3.8, 4) is 0 Å². The molecule has 0 unspecified atom stereocenters. The third kappa shape index (κ3) is 1.74. The lowest BCUT2D eigenvalue weighted by molar-refractivity contribution is 0.0912. The highest BCUT2D eigenvalue weighted by Gasteiger charge is 2.35. The molecular formula is C11H15NOS. The minimum atomic E-state index is -0.189. The maximum atomic E-state index is 11.9. The molecule has 3 heteroatoms. The van der Waals surface area contributed by atoms with Gasteiger partial charge in [-0.1, -0.05) is 0 Å². The van der Waals surface area contributed by atoms with Crippen LogP contribution in [0.4, 0.5) is 0 Å². The molecule has 0 amide bonds. The fraction of sp³-hybridized carbons (Fsp3) is 0.545. The van der Waals surface area contributed by atoms with Gasteiger partial charge >= 0.3 is 0 Å². The molecule has 0 saturated heterocycles. The molecule has 1 aliphatic rings. The van der Waals surface area contributed by atoms with Gasteiger partial charge in [0, 0.05) is 22.4 Å². The van der Waals surface area contributed by atoms with Crippen LogP contribution in [-0.4, -0.2) is 11.3 Å². The number of rotatable bonds is 3. The van der Waals surface area contributed by atoms with Gasteiger partial charge < -0.3 is 5.73 Å². The lowest BCUT2D eigenvalue weighted by atomic mass is 9.74. The summed E-state index contributed by atoms with van der Waals surface area (Å²) < 4.78 is 0. The maximum absolute atomic E-state index is 11.9. The van der Waals surface area contributed by atoms with Crippen molar-refractivity contribution in [3.05, 3.63) is 21.9 Å². The summed E-state index contributed by atoms with van der Waals surface area (Å²) in [5.74, 6) is 0.214. The molecule has 14 heavy (non-hydrogen) atoms. The molecule has 1 saturated carbocycles. The van der Waals surface area contributed by atoms with Crippen LogP contribution in [0.25, 0.3) is 0 Å². The van der Waals surface area contributed by atoms with E-state index in [0.717, 1.165) is 23.3 Å². The normalized spacial score (nSPS) is 19.0. The molecule has 1 aromatic heterocycles. The van der Waals surface area contributed by atoms with Crippen LogP contribution >= 0.6 is 11.3 Å². The SMILES string of the molecule is Cc1sccc1C(=O)CC1(N)CCC1. The Bertz CT molecular complexity index is 352. The first-order valence-corrected chi connectivity index (χ1v) is 5.85. The third-order valence-electron chi connectivity index (χ3n) is 3.02. The summed E-state index contributed by atoms with van der Waals surface area (Å²) in [5, 5.41) is 1.96. The number of aryl methyl sites for hydroxylation is 1. The molecule has 1 aromatic rings. The maximum Gasteiger partial charge on any atom is 0.165 e. The highest BCUT2D eigenvalue weighted by Crippen LogP contribution is 2.33. The van der Waals surface area contributed by atoms with Gasteiger partial charge in [-0.25, -0.2) is 0 Å². The largest absolute Gasteiger partial charge is 0.325 e. The van der Waals surface area contributed by atoms with Crippen molar-refractivity contribution >= 4 is 17.1 Å². The monoisotopic (exact) mass is 209 g/mol. The van der Waals surface area contributed by atoms with Crippen molar-refractivity contribution in [2.45, 2.75) is 38.1 Å². The van der Waals surface area contributed by atoms with Crippen LogP contribution in [0, 0.1) is 6.92 Å². The summed E-state index contributed by atoms with van der Waals surface area (Å²) in [7, 11) is 0. The number of thiophene rings is 1. The van der Waals surface area contributed by atoms with Crippen molar-refractivity contribution in [3.63, 3.8) is 0 Å². The molecule has 0 aliphatic heterocycles. The first kappa shape index (κ1) is 9.87. The zero-order chi connectivity index (χ0) is 10.2. The molecule has 1 heterocycles. The number of hydrogen-bond acceptors (Lipinski definition) is 3. The number of hydrogen-bond donors (Lipinski definition) is 1. The third-order valence-corrected chi connectivity index (χ3v) is 3.87. The minimum absolute atomic E-state index is 0.189. The van der Waals surface area contributed by atoms with Crippen LogP contribution in [-0.2, 0) is 0 Å². The van der Waals surface area contributed by atoms with Gasteiger partial charge in [0.2, 0.25) is 0 Å². The van der Waals surface area contributed by atoms with Crippen molar-refractivity contribution in [1.82, 2.24) is 0 Å². The number of ketones is 1. The number of carbonyl (C=O) groups is 1. The van der Waals surface area contributed by atoms with E-state index in [9.17, 15) is 4.79 Å². The van der Waals surface area contributed by atoms with Gasteiger partial charge in [-0.05, 0) is 37.6 Å². The highest BCUT2D eigenvalue weighted by atomic mass is 32.1. The van der Waals surface area contributed by atoms with E-state index in [1.54, 1.807) is 11.3 Å². The minimum Gasteiger partial charge on any atom is -0.325 e. The average molecular weight is 209 g/mol. The molecule has 1 aliphatic carbocycles. The van der Waals surface area contributed by atoms with Crippen molar-refractivity contribution < 1.29 is 4.79 Å². The topological polar surface area (TPSA) is 43.1 Å². The van der Waals surface area contributed by atoms with Gasteiger partial charge in [0.15, 0.2) is 5.78 Å². The van der Waals surface area contributed by atoms with Gasteiger partial charge in [0.05, 0.1) is 0 Å². The predicted molar refractivity (Wildman–Crippen MR) is 58.8 cm³/mol. The zero-order valence-corrected chi connectivity index (χ0v) is 9.19. The van der Waals surface area contributed by atoms with E-state index >= 15 is 0 Å². The molecule has 0 bridgehead atoms. The Hall–Kier alpha value is -0.670. The molecule has 2 N–H and O–H groups in total. The summed E-state index contributed by atoms with van der Waals surface area (Å²) in [6, 6.07) is 1.91. The molecule has 2 rings (SSSR count).